The average molecular weight is 416 g/mol. The fourth-order valence-electron chi connectivity index (χ4n) is 2.55. The molecule has 0 fully saturated rings. The molecular weight excluding hydrogens is 396 g/mol. The zero-order valence-electron chi connectivity index (χ0n) is 15.8. The van der Waals surface area contributed by atoms with E-state index in [0.717, 1.165) is 0 Å². The molecule has 0 radical (unpaired) electrons. The van der Waals surface area contributed by atoms with Crippen LogP contribution in [-0.2, 0) is 16.6 Å². The van der Waals surface area contributed by atoms with Crippen LogP contribution in [0.15, 0.2) is 70.2 Å². The topological polar surface area (TPSA) is 107 Å². The van der Waals surface area contributed by atoms with Crippen molar-refractivity contribution in [3.8, 4) is 11.5 Å². The van der Waals surface area contributed by atoms with E-state index in [1.54, 1.807) is 30.3 Å². The van der Waals surface area contributed by atoms with Gasteiger partial charge in [0.25, 0.3) is 5.91 Å². The van der Waals surface area contributed by atoms with Crippen LogP contribution in [0.2, 0.25) is 0 Å². The third-order valence-electron chi connectivity index (χ3n) is 4.10. The first-order valence-corrected chi connectivity index (χ1v) is 10.1. The van der Waals surface area contributed by atoms with E-state index < -0.39 is 15.9 Å². The van der Waals surface area contributed by atoms with Crippen LogP contribution in [0.1, 0.15) is 16.1 Å². The summed E-state index contributed by atoms with van der Waals surface area (Å²) in [4.78, 5) is 12.6. The molecule has 2 aromatic carbocycles. The number of furan rings is 1. The van der Waals surface area contributed by atoms with Gasteiger partial charge < -0.3 is 19.2 Å². The van der Waals surface area contributed by atoms with Crippen LogP contribution in [0, 0.1) is 0 Å². The molecule has 3 aromatic rings. The molecule has 1 amide bonds. The smallest absolute Gasteiger partial charge is 0.255 e. The standard InChI is InChI=1S/C20H20N2O6S/c1-26-15-7-10-19(27-2)18(12-15)22-20(23)14-5-8-17(9-6-14)29(24,25)21-13-16-4-3-11-28-16/h3-12,21H,13H2,1-2H3,(H,22,23). The van der Waals surface area contributed by atoms with E-state index in [1.165, 1.54) is 44.7 Å². The highest BCUT2D eigenvalue weighted by molar-refractivity contribution is 7.89. The highest BCUT2D eigenvalue weighted by atomic mass is 32.2. The molecule has 0 aliphatic carbocycles. The molecular formula is C20H20N2O6S. The van der Waals surface area contributed by atoms with Gasteiger partial charge in [0.05, 0.1) is 37.6 Å². The van der Waals surface area contributed by atoms with E-state index in [4.69, 9.17) is 13.9 Å². The number of hydrogen-bond acceptors (Lipinski definition) is 6. The molecule has 9 heteroatoms. The number of sulfonamides is 1. The Kier molecular flexibility index (Phi) is 6.20. The molecule has 152 valence electrons. The van der Waals surface area contributed by atoms with Gasteiger partial charge in [-0.15, -0.1) is 0 Å². The number of rotatable bonds is 8. The number of ether oxygens (including phenoxy) is 2. The van der Waals surface area contributed by atoms with E-state index in [1.807, 2.05) is 0 Å². The van der Waals surface area contributed by atoms with E-state index in [9.17, 15) is 13.2 Å². The van der Waals surface area contributed by atoms with Crippen LogP contribution in [0.3, 0.4) is 0 Å². The summed E-state index contributed by atoms with van der Waals surface area (Å²) in [7, 11) is -0.722. The second kappa shape index (κ2) is 8.80. The Morgan fingerprint density at radius 3 is 2.41 bits per heavy atom. The van der Waals surface area contributed by atoms with Crippen LogP contribution < -0.4 is 19.5 Å². The lowest BCUT2D eigenvalue weighted by Crippen LogP contribution is -2.23. The summed E-state index contributed by atoms with van der Waals surface area (Å²) < 4.78 is 42.7. The zero-order valence-corrected chi connectivity index (χ0v) is 16.7. The van der Waals surface area contributed by atoms with Crippen LogP contribution in [-0.4, -0.2) is 28.5 Å². The first kappa shape index (κ1) is 20.4. The van der Waals surface area contributed by atoms with E-state index in [0.29, 0.717) is 28.5 Å². The molecule has 8 nitrogen and oxygen atoms in total. The summed E-state index contributed by atoms with van der Waals surface area (Å²) in [5.41, 5.74) is 0.730. The third-order valence-corrected chi connectivity index (χ3v) is 5.52. The van der Waals surface area contributed by atoms with Gasteiger partial charge >= 0.3 is 0 Å². The van der Waals surface area contributed by atoms with Gasteiger partial charge in [-0.3, -0.25) is 4.79 Å². The van der Waals surface area contributed by atoms with Crippen molar-refractivity contribution < 1.29 is 27.1 Å². The maximum atomic E-state index is 12.5. The Bertz CT molecular complexity index is 1080. The Balaban J connectivity index is 1.72. The number of methoxy groups -OCH3 is 2. The minimum Gasteiger partial charge on any atom is -0.497 e. The largest absolute Gasteiger partial charge is 0.497 e. The fraction of sp³-hybridized carbons (Fsp3) is 0.150. The molecule has 0 spiro atoms. The second-order valence-electron chi connectivity index (χ2n) is 5.95. The Labute approximate surface area is 168 Å². The van der Waals surface area contributed by atoms with Crippen LogP contribution in [0.4, 0.5) is 5.69 Å². The first-order chi connectivity index (χ1) is 13.9. The van der Waals surface area contributed by atoms with Crippen molar-refractivity contribution in [2.45, 2.75) is 11.4 Å². The van der Waals surface area contributed by atoms with Crippen molar-refractivity contribution in [2.24, 2.45) is 0 Å². The molecule has 0 aliphatic rings. The minimum absolute atomic E-state index is 0.0349. The number of carbonyl (C=O) groups is 1. The predicted octanol–water partition coefficient (Wildman–Crippen LogP) is 3.03. The molecule has 1 aromatic heterocycles. The fourth-order valence-corrected chi connectivity index (χ4v) is 3.55. The second-order valence-corrected chi connectivity index (χ2v) is 7.72. The van der Waals surface area contributed by atoms with Gasteiger partial charge in [-0.1, -0.05) is 0 Å². The summed E-state index contributed by atoms with van der Waals surface area (Å²) >= 11 is 0. The monoisotopic (exact) mass is 416 g/mol. The Morgan fingerprint density at radius 1 is 1.03 bits per heavy atom. The quantitative estimate of drug-likeness (QED) is 0.585. The lowest BCUT2D eigenvalue weighted by Gasteiger charge is -2.12. The predicted molar refractivity (Wildman–Crippen MR) is 107 cm³/mol. The number of amides is 1. The van der Waals surface area contributed by atoms with Gasteiger partial charge in [-0.2, -0.15) is 0 Å². The van der Waals surface area contributed by atoms with E-state index in [2.05, 4.69) is 10.0 Å². The molecule has 3 rings (SSSR count). The summed E-state index contributed by atoms with van der Waals surface area (Å²) in [6.07, 6.45) is 1.47. The number of hydrogen-bond donors (Lipinski definition) is 2. The maximum Gasteiger partial charge on any atom is 0.255 e. The Hall–Kier alpha value is -3.30. The van der Waals surface area contributed by atoms with Crippen LogP contribution in [0.5, 0.6) is 11.5 Å². The molecule has 0 saturated carbocycles. The van der Waals surface area contributed by atoms with Crippen molar-refractivity contribution in [3.63, 3.8) is 0 Å². The molecule has 0 unspecified atom stereocenters. The third kappa shape index (κ3) is 4.95. The summed E-state index contributed by atoms with van der Waals surface area (Å²) in [6.45, 7) is 0.0349. The summed E-state index contributed by atoms with van der Waals surface area (Å²) in [5.74, 6) is 1.12. The number of benzene rings is 2. The number of nitrogens with one attached hydrogen (secondary N) is 2. The first-order valence-electron chi connectivity index (χ1n) is 8.58. The molecule has 2 N–H and O–H groups in total. The average Bonchev–Trinajstić information content (AvgIpc) is 3.26. The maximum absolute atomic E-state index is 12.5. The van der Waals surface area contributed by atoms with Crippen molar-refractivity contribution in [3.05, 3.63) is 72.2 Å². The van der Waals surface area contributed by atoms with Gasteiger partial charge in [-0.05, 0) is 48.5 Å². The summed E-state index contributed by atoms with van der Waals surface area (Å²) in [6, 6.07) is 14.0. The van der Waals surface area contributed by atoms with Gasteiger partial charge in [0.2, 0.25) is 10.0 Å². The van der Waals surface area contributed by atoms with Gasteiger partial charge in [-0.25, -0.2) is 13.1 Å². The van der Waals surface area contributed by atoms with Crippen molar-refractivity contribution in [1.29, 1.82) is 0 Å². The molecule has 0 aliphatic heterocycles. The van der Waals surface area contributed by atoms with Crippen molar-refractivity contribution in [1.82, 2.24) is 4.72 Å². The lowest BCUT2D eigenvalue weighted by atomic mass is 10.2. The van der Waals surface area contributed by atoms with Gasteiger partial charge in [0, 0.05) is 11.6 Å². The van der Waals surface area contributed by atoms with Crippen molar-refractivity contribution in [2.75, 3.05) is 19.5 Å². The zero-order chi connectivity index (χ0) is 20.9. The lowest BCUT2D eigenvalue weighted by molar-refractivity contribution is 0.102. The molecule has 29 heavy (non-hydrogen) atoms. The van der Waals surface area contributed by atoms with Crippen LogP contribution >= 0.6 is 0 Å². The van der Waals surface area contributed by atoms with Crippen molar-refractivity contribution >= 4 is 21.6 Å². The Morgan fingerprint density at radius 2 is 1.79 bits per heavy atom. The highest BCUT2D eigenvalue weighted by Gasteiger charge is 2.16. The van der Waals surface area contributed by atoms with Crippen LogP contribution in [0.25, 0.3) is 0 Å². The van der Waals surface area contributed by atoms with Gasteiger partial charge in [0.15, 0.2) is 0 Å². The van der Waals surface area contributed by atoms with E-state index >= 15 is 0 Å². The SMILES string of the molecule is COc1ccc(OC)c(NC(=O)c2ccc(S(=O)(=O)NCc3ccco3)cc2)c1. The molecule has 0 saturated heterocycles. The minimum atomic E-state index is -3.74. The molecule has 0 bridgehead atoms. The highest BCUT2D eigenvalue weighted by Crippen LogP contribution is 2.29. The molecule has 0 atom stereocenters. The van der Waals surface area contributed by atoms with Gasteiger partial charge in [0.1, 0.15) is 17.3 Å². The normalized spacial score (nSPS) is 11.1. The number of anilines is 1. The summed E-state index contributed by atoms with van der Waals surface area (Å²) in [5, 5.41) is 2.73. The van der Waals surface area contributed by atoms with E-state index in [-0.39, 0.29) is 11.4 Å². The number of carbonyl (C=O) groups excluding carboxylic acids is 1. The molecule has 1 heterocycles.